The predicted molar refractivity (Wildman–Crippen MR) is 131 cm³/mol. The number of nitrogens with two attached hydrogens (primary N) is 1. The Bertz CT molecular complexity index is 782. The van der Waals surface area contributed by atoms with E-state index < -0.39 is 17.9 Å². The van der Waals surface area contributed by atoms with E-state index in [2.05, 4.69) is 4.90 Å². The molecule has 1 amide bonds. The molecule has 0 saturated carbocycles. The number of carbonyl (C=O) groups is 1. The zero-order chi connectivity index (χ0) is 24.8. The summed E-state index contributed by atoms with van der Waals surface area (Å²) in [5.41, 5.74) is 6.51. The van der Waals surface area contributed by atoms with Gasteiger partial charge in [-0.3, -0.25) is 4.90 Å². The first kappa shape index (κ1) is 27.7. The van der Waals surface area contributed by atoms with Crippen LogP contribution in [0, 0.1) is 0 Å². The van der Waals surface area contributed by atoms with Gasteiger partial charge < -0.3 is 25.2 Å². The predicted octanol–water partition coefficient (Wildman–Crippen LogP) is 3.78. The van der Waals surface area contributed by atoms with Gasteiger partial charge in [0.15, 0.2) is 0 Å². The molecule has 0 aliphatic heterocycles. The standard InChI is InChI=1S/C26H38FN3O4/c1-26(2,34-18-15-30(25(31)32)14-17-33-16-13-28)24(27)21-29(19-22-9-5-3-6-10-22)20-23-11-7-4-8-12-23/h3-12,24H,13-21,28H2,1-2H3,(H,31,32). The largest absolute Gasteiger partial charge is 0.465 e. The third-order valence-corrected chi connectivity index (χ3v) is 5.54. The van der Waals surface area contributed by atoms with E-state index in [4.69, 9.17) is 15.2 Å². The highest BCUT2D eigenvalue weighted by atomic mass is 19.1. The number of amides is 1. The van der Waals surface area contributed by atoms with Crippen LogP contribution in [0.5, 0.6) is 0 Å². The molecule has 3 N–H and O–H groups in total. The van der Waals surface area contributed by atoms with Gasteiger partial charge in [0.25, 0.3) is 0 Å². The molecule has 188 valence electrons. The average Bonchev–Trinajstić information content (AvgIpc) is 2.81. The van der Waals surface area contributed by atoms with Crippen LogP contribution in [0.15, 0.2) is 60.7 Å². The smallest absolute Gasteiger partial charge is 0.407 e. The van der Waals surface area contributed by atoms with E-state index in [1.807, 2.05) is 60.7 Å². The van der Waals surface area contributed by atoms with Gasteiger partial charge in [-0.1, -0.05) is 60.7 Å². The van der Waals surface area contributed by atoms with E-state index in [-0.39, 0.29) is 32.8 Å². The van der Waals surface area contributed by atoms with Gasteiger partial charge in [0, 0.05) is 39.3 Å². The van der Waals surface area contributed by atoms with Crippen molar-refractivity contribution in [2.75, 3.05) is 46.0 Å². The molecular weight excluding hydrogens is 437 g/mol. The van der Waals surface area contributed by atoms with Crippen LogP contribution in [-0.2, 0) is 22.6 Å². The van der Waals surface area contributed by atoms with Crippen LogP contribution < -0.4 is 5.73 Å². The van der Waals surface area contributed by atoms with Crippen LogP contribution in [0.2, 0.25) is 0 Å². The number of rotatable bonds is 16. The minimum absolute atomic E-state index is 0.0912. The summed E-state index contributed by atoms with van der Waals surface area (Å²) in [6.07, 6.45) is -2.34. The summed E-state index contributed by atoms with van der Waals surface area (Å²) in [5, 5.41) is 9.38. The number of nitrogens with zero attached hydrogens (tertiary/aromatic N) is 2. The number of alkyl halides is 1. The molecule has 8 heteroatoms. The minimum atomic E-state index is -1.27. The van der Waals surface area contributed by atoms with Crippen molar-refractivity contribution < 1.29 is 23.8 Å². The molecule has 2 rings (SSSR count). The monoisotopic (exact) mass is 475 g/mol. The maximum Gasteiger partial charge on any atom is 0.407 e. The highest BCUT2D eigenvalue weighted by Crippen LogP contribution is 2.21. The molecule has 1 unspecified atom stereocenters. The number of hydrogen-bond donors (Lipinski definition) is 2. The van der Waals surface area contributed by atoms with Gasteiger partial charge >= 0.3 is 6.09 Å². The molecule has 34 heavy (non-hydrogen) atoms. The number of hydrogen-bond acceptors (Lipinski definition) is 5. The van der Waals surface area contributed by atoms with Crippen LogP contribution in [0.3, 0.4) is 0 Å². The lowest BCUT2D eigenvalue weighted by molar-refractivity contribution is -0.0841. The zero-order valence-corrected chi connectivity index (χ0v) is 20.2. The lowest BCUT2D eigenvalue weighted by Crippen LogP contribution is -2.45. The second-order valence-corrected chi connectivity index (χ2v) is 8.73. The van der Waals surface area contributed by atoms with Crippen LogP contribution in [0.25, 0.3) is 0 Å². The first-order chi connectivity index (χ1) is 16.3. The Morgan fingerprint density at radius 2 is 1.50 bits per heavy atom. The van der Waals surface area contributed by atoms with Gasteiger partial charge in [-0.15, -0.1) is 0 Å². The molecule has 0 bridgehead atoms. The van der Waals surface area contributed by atoms with Gasteiger partial charge in [0.2, 0.25) is 0 Å². The van der Waals surface area contributed by atoms with E-state index in [1.165, 1.54) is 4.90 Å². The Balaban J connectivity index is 1.93. The Morgan fingerprint density at radius 3 is 2.00 bits per heavy atom. The van der Waals surface area contributed by atoms with Crippen molar-refractivity contribution in [2.24, 2.45) is 5.73 Å². The van der Waals surface area contributed by atoms with Crippen LogP contribution in [-0.4, -0.2) is 78.8 Å². The summed E-state index contributed by atoms with van der Waals surface area (Å²) in [6.45, 7) is 6.27. The van der Waals surface area contributed by atoms with Gasteiger partial charge in [0.1, 0.15) is 6.17 Å². The van der Waals surface area contributed by atoms with Crippen molar-refractivity contribution in [2.45, 2.75) is 38.7 Å². The second-order valence-electron chi connectivity index (χ2n) is 8.73. The van der Waals surface area contributed by atoms with Gasteiger partial charge in [-0.25, -0.2) is 9.18 Å². The molecule has 2 aromatic rings. The maximum absolute atomic E-state index is 15.5. The van der Waals surface area contributed by atoms with Crippen molar-refractivity contribution in [3.05, 3.63) is 71.8 Å². The second kappa shape index (κ2) is 14.7. The minimum Gasteiger partial charge on any atom is -0.465 e. The quantitative estimate of drug-likeness (QED) is 0.359. The van der Waals surface area contributed by atoms with Crippen LogP contribution in [0.1, 0.15) is 25.0 Å². The topological polar surface area (TPSA) is 88.3 Å². The SMILES string of the molecule is CC(C)(OCCN(CCOCCN)C(=O)O)C(F)CN(Cc1ccccc1)Cc1ccccc1. The zero-order valence-electron chi connectivity index (χ0n) is 20.2. The van der Waals surface area contributed by atoms with Crippen molar-refractivity contribution in [1.29, 1.82) is 0 Å². The number of ether oxygens (including phenoxy) is 2. The van der Waals surface area contributed by atoms with E-state index in [9.17, 15) is 9.90 Å². The summed E-state index contributed by atoms with van der Waals surface area (Å²) in [6, 6.07) is 20.0. The van der Waals surface area contributed by atoms with E-state index in [0.717, 1.165) is 11.1 Å². The fourth-order valence-electron chi connectivity index (χ4n) is 3.49. The van der Waals surface area contributed by atoms with Gasteiger partial charge in [-0.05, 0) is 25.0 Å². The normalized spacial score (nSPS) is 12.6. The molecule has 0 fully saturated rings. The lowest BCUT2D eigenvalue weighted by Gasteiger charge is -2.34. The van der Waals surface area contributed by atoms with Gasteiger partial charge in [-0.2, -0.15) is 0 Å². The number of benzene rings is 2. The molecule has 0 radical (unpaired) electrons. The fraction of sp³-hybridized carbons (Fsp3) is 0.500. The summed E-state index contributed by atoms with van der Waals surface area (Å²) in [4.78, 5) is 14.7. The molecule has 0 heterocycles. The van der Waals surface area contributed by atoms with Crippen molar-refractivity contribution in [3.8, 4) is 0 Å². The number of carboxylic acid groups (broad SMARTS) is 1. The lowest BCUT2D eigenvalue weighted by atomic mass is 10.0. The Morgan fingerprint density at radius 1 is 0.971 bits per heavy atom. The summed E-state index contributed by atoms with van der Waals surface area (Å²) in [5.74, 6) is 0. The molecule has 0 aromatic heterocycles. The van der Waals surface area contributed by atoms with Crippen LogP contribution >= 0.6 is 0 Å². The first-order valence-electron chi connectivity index (χ1n) is 11.7. The molecule has 0 saturated heterocycles. The van der Waals surface area contributed by atoms with Crippen molar-refractivity contribution in [1.82, 2.24) is 9.80 Å². The van der Waals surface area contributed by atoms with Crippen molar-refractivity contribution >= 4 is 6.09 Å². The third-order valence-electron chi connectivity index (χ3n) is 5.54. The molecule has 0 aliphatic rings. The average molecular weight is 476 g/mol. The maximum atomic E-state index is 15.5. The third kappa shape index (κ3) is 10.2. The molecular formula is C26H38FN3O4. The Kier molecular flexibility index (Phi) is 12.0. The summed E-state index contributed by atoms with van der Waals surface area (Å²) in [7, 11) is 0. The molecule has 7 nitrogen and oxygen atoms in total. The number of halogens is 1. The van der Waals surface area contributed by atoms with Gasteiger partial charge in [0.05, 0.1) is 25.4 Å². The molecule has 1 atom stereocenters. The first-order valence-corrected chi connectivity index (χ1v) is 11.7. The fourth-order valence-corrected chi connectivity index (χ4v) is 3.49. The van der Waals surface area contributed by atoms with E-state index >= 15 is 4.39 Å². The summed E-state index contributed by atoms with van der Waals surface area (Å²) < 4.78 is 26.6. The summed E-state index contributed by atoms with van der Waals surface area (Å²) >= 11 is 0. The molecule has 0 aliphatic carbocycles. The van der Waals surface area contributed by atoms with E-state index in [0.29, 0.717) is 26.2 Å². The Hall–Kier alpha value is -2.52. The highest BCUT2D eigenvalue weighted by molar-refractivity contribution is 5.64. The Labute approximate surface area is 202 Å². The molecule has 2 aromatic carbocycles. The highest BCUT2D eigenvalue weighted by Gasteiger charge is 2.32. The van der Waals surface area contributed by atoms with Crippen LogP contribution in [0.4, 0.5) is 9.18 Å². The van der Waals surface area contributed by atoms with Crippen molar-refractivity contribution in [3.63, 3.8) is 0 Å². The molecule has 0 spiro atoms. The van der Waals surface area contributed by atoms with E-state index in [1.54, 1.807) is 13.8 Å².